The molecular formula is C18H23N3. The molecule has 0 amide bonds. The number of benzene rings is 1. The molecule has 2 heterocycles. The van der Waals surface area contributed by atoms with E-state index < -0.39 is 0 Å². The molecule has 1 aromatic carbocycles. The van der Waals surface area contributed by atoms with E-state index in [9.17, 15) is 0 Å². The van der Waals surface area contributed by atoms with Gasteiger partial charge in [-0.1, -0.05) is 24.3 Å². The average Bonchev–Trinajstić information content (AvgIpc) is 2.97. The van der Waals surface area contributed by atoms with Gasteiger partial charge in [0.1, 0.15) is 0 Å². The lowest BCUT2D eigenvalue weighted by atomic mass is 10.1. The van der Waals surface area contributed by atoms with Crippen LogP contribution in [0.2, 0.25) is 0 Å². The Morgan fingerprint density at radius 3 is 2.81 bits per heavy atom. The summed E-state index contributed by atoms with van der Waals surface area (Å²) in [7, 11) is 2.21. The molecular weight excluding hydrogens is 258 g/mol. The zero-order valence-electron chi connectivity index (χ0n) is 12.7. The summed E-state index contributed by atoms with van der Waals surface area (Å²) in [4.78, 5) is 9.10. The van der Waals surface area contributed by atoms with E-state index in [4.69, 9.17) is 0 Å². The minimum atomic E-state index is 0.756. The molecule has 1 fully saturated rings. The first-order chi connectivity index (χ1) is 10.3. The van der Waals surface area contributed by atoms with Crippen LogP contribution in [-0.4, -0.2) is 36.6 Å². The molecule has 0 N–H and O–H groups in total. The summed E-state index contributed by atoms with van der Waals surface area (Å²) in [6.07, 6.45) is 5.08. The predicted octanol–water partition coefficient (Wildman–Crippen LogP) is 3.04. The van der Waals surface area contributed by atoms with Gasteiger partial charge in [0.05, 0.1) is 0 Å². The Balaban J connectivity index is 1.50. The van der Waals surface area contributed by atoms with Crippen LogP contribution in [-0.2, 0) is 6.54 Å². The molecule has 2 aromatic rings. The van der Waals surface area contributed by atoms with Crippen molar-refractivity contribution in [3.8, 4) is 0 Å². The van der Waals surface area contributed by atoms with Crippen molar-refractivity contribution in [2.75, 3.05) is 31.6 Å². The van der Waals surface area contributed by atoms with Gasteiger partial charge in [0.2, 0.25) is 0 Å². The number of pyridine rings is 1. The molecule has 0 spiro atoms. The van der Waals surface area contributed by atoms with Gasteiger partial charge in [-0.2, -0.15) is 0 Å². The Morgan fingerprint density at radius 2 is 2.05 bits per heavy atom. The normalized spacial score (nSPS) is 18.4. The second-order valence-electron chi connectivity index (χ2n) is 5.99. The van der Waals surface area contributed by atoms with Crippen LogP contribution >= 0.6 is 0 Å². The van der Waals surface area contributed by atoms with Gasteiger partial charge in [-0.15, -0.1) is 0 Å². The molecule has 1 saturated heterocycles. The van der Waals surface area contributed by atoms with Crippen molar-refractivity contribution in [3.63, 3.8) is 0 Å². The quantitative estimate of drug-likeness (QED) is 0.840. The molecule has 3 nitrogen and oxygen atoms in total. The second kappa shape index (κ2) is 6.72. The molecule has 0 radical (unpaired) electrons. The third-order valence-corrected chi connectivity index (χ3v) is 4.15. The summed E-state index contributed by atoms with van der Waals surface area (Å²) in [5.41, 5.74) is 2.65. The highest BCUT2D eigenvalue weighted by Gasteiger charge is 2.23. The molecule has 0 aliphatic carbocycles. The Morgan fingerprint density at radius 1 is 1.19 bits per heavy atom. The summed E-state index contributed by atoms with van der Waals surface area (Å²) in [6, 6.07) is 14.9. The fourth-order valence-electron chi connectivity index (χ4n) is 3.16. The molecule has 1 atom stereocenters. The number of anilines is 1. The van der Waals surface area contributed by atoms with Crippen molar-refractivity contribution in [2.45, 2.75) is 13.0 Å². The van der Waals surface area contributed by atoms with Crippen molar-refractivity contribution in [2.24, 2.45) is 5.92 Å². The van der Waals surface area contributed by atoms with Crippen LogP contribution in [0.3, 0.4) is 0 Å². The van der Waals surface area contributed by atoms with Crippen molar-refractivity contribution >= 4 is 5.69 Å². The molecule has 1 aromatic heterocycles. The highest BCUT2D eigenvalue weighted by atomic mass is 15.2. The second-order valence-corrected chi connectivity index (χ2v) is 5.99. The number of rotatable bonds is 5. The summed E-state index contributed by atoms with van der Waals surface area (Å²) >= 11 is 0. The Kier molecular flexibility index (Phi) is 4.51. The zero-order valence-corrected chi connectivity index (χ0v) is 12.7. The van der Waals surface area contributed by atoms with E-state index in [1.807, 2.05) is 18.5 Å². The summed E-state index contributed by atoms with van der Waals surface area (Å²) in [5.74, 6) is 0.756. The van der Waals surface area contributed by atoms with E-state index in [2.05, 4.69) is 58.2 Å². The van der Waals surface area contributed by atoms with Crippen LogP contribution in [0.25, 0.3) is 0 Å². The molecule has 110 valence electrons. The van der Waals surface area contributed by atoms with E-state index in [1.54, 1.807) is 0 Å². The first-order valence-corrected chi connectivity index (χ1v) is 7.69. The Bertz CT molecular complexity index is 541. The zero-order chi connectivity index (χ0) is 14.5. The molecule has 1 aliphatic rings. The Hall–Kier alpha value is -1.87. The van der Waals surface area contributed by atoms with E-state index in [0.29, 0.717) is 0 Å². The van der Waals surface area contributed by atoms with Crippen LogP contribution < -0.4 is 4.90 Å². The van der Waals surface area contributed by atoms with Crippen LogP contribution in [0.1, 0.15) is 12.0 Å². The maximum absolute atomic E-state index is 4.19. The first kappa shape index (κ1) is 14.1. The number of hydrogen-bond donors (Lipinski definition) is 0. The average molecular weight is 281 g/mol. The third kappa shape index (κ3) is 3.82. The van der Waals surface area contributed by atoms with Gasteiger partial charge in [0.15, 0.2) is 0 Å². The van der Waals surface area contributed by atoms with Gasteiger partial charge in [-0.25, -0.2) is 0 Å². The summed E-state index contributed by atoms with van der Waals surface area (Å²) in [6.45, 7) is 4.48. The Labute approximate surface area is 127 Å². The van der Waals surface area contributed by atoms with Crippen molar-refractivity contribution in [1.29, 1.82) is 0 Å². The molecule has 3 heteroatoms. The number of nitrogens with zero attached hydrogens (tertiary/aromatic N) is 3. The summed E-state index contributed by atoms with van der Waals surface area (Å²) in [5, 5.41) is 0. The van der Waals surface area contributed by atoms with Crippen LogP contribution in [0, 0.1) is 5.92 Å². The maximum Gasteiger partial charge on any atom is 0.0366 e. The van der Waals surface area contributed by atoms with Crippen molar-refractivity contribution in [1.82, 2.24) is 9.88 Å². The van der Waals surface area contributed by atoms with Crippen molar-refractivity contribution in [3.05, 3.63) is 60.4 Å². The van der Waals surface area contributed by atoms with Crippen molar-refractivity contribution < 1.29 is 0 Å². The molecule has 1 aliphatic heterocycles. The van der Waals surface area contributed by atoms with Gasteiger partial charge in [0.25, 0.3) is 0 Å². The lowest BCUT2D eigenvalue weighted by molar-refractivity contribution is 0.279. The minimum Gasteiger partial charge on any atom is -0.371 e. The van der Waals surface area contributed by atoms with Gasteiger partial charge < -0.3 is 9.80 Å². The van der Waals surface area contributed by atoms with E-state index in [-0.39, 0.29) is 0 Å². The SMILES string of the molecule is CN(Cc1cccnc1)CC1CCN(c2ccccc2)C1. The molecule has 0 bridgehead atoms. The van der Waals surface area contributed by atoms with Crippen LogP contribution in [0.4, 0.5) is 5.69 Å². The fraction of sp³-hybridized carbons (Fsp3) is 0.389. The van der Waals surface area contributed by atoms with E-state index >= 15 is 0 Å². The standard InChI is InChI=1S/C18H23N3/c1-20(13-16-6-5-10-19-12-16)14-17-9-11-21(15-17)18-7-3-2-4-8-18/h2-8,10,12,17H,9,11,13-15H2,1H3. The van der Waals surface area contributed by atoms with Gasteiger partial charge in [-0.3, -0.25) is 4.98 Å². The molecule has 0 saturated carbocycles. The number of aromatic nitrogens is 1. The summed E-state index contributed by atoms with van der Waals surface area (Å²) < 4.78 is 0. The smallest absolute Gasteiger partial charge is 0.0366 e. The van der Waals surface area contributed by atoms with Gasteiger partial charge in [-0.05, 0) is 43.1 Å². The largest absolute Gasteiger partial charge is 0.371 e. The number of para-hydroxylation sites is 1. The van der Waals surface area contributed by atoms with Crippen LogP contribution in [0.15, 0.2) is 54.9 Å². The fourth-order valence-corrected chi connectivity index (χ4v) is 3.16. The van der Waals surface area contributed by atoms with E-state index in [0.717, 1.165) is 19.0 Å². The van der Waals surface area contributed by atoms with Crippen LogP contribution in [0.5, 0.6) is 0 Å². The van der Waals surface area contributed by atoms with E-state index in [1.165, 1.54) is 30.8 Å². The first-order valence-electron chi connectivity index (χ1n) is 7.69. The molecule has 3 rings (SSSR count). The molecule has 1 unspecified atom stereocenters. The highest BCUT2D eigenvalue weighted by molar-refractivity contribution is 5.46. The minimum absolute atomic E-state index is 0.756. The lowest BCUT2D eigenvalue weighted by Gasteiger charge is -2.22. The maximum atomic E-state index is 4.19. The monoisotopic (exact) mass is 281 g/mol. The van der Waals surface area contributed by atoms with Gasteiger partial charge >= 0.3 is 0 Å². The topological polar surface area (TPSA) is 19.4 Å². The molecule has 21 heavy (non-hydrogen) atoms. The van der Waals surface area contributed by atoms with Gasteiger partial charge in [0, 0.05) is 44.3 Å². The third-order valence-electron chi connectivity index (χ3n) is 4.15. The predicted molar refractivity (Wildman–Crippen MR) is 87.3 cm³/mol. The highest BCUT2D eigenvalue weighted by Crippen LogP contribution is 2.24. The lowest BCUT2D eigenvalue weighted by Crippen LogP contribution is -2.28. The number of hydrogen-bond acceptors (Lipinski definition) is 3.